The lowest BCUT2D eigenvalue weighted by molar-refractivity contribution is 0.0685. The Hall–Kier alpha value is -3.03. The number of aromatic carboxylic acids is 1. The molecule has 0 spiro atoms. The van der Waals surface area contributed by atoms with Crippen molar-refractivity contribution in [1.82, 2.24) is 14.7 Å². The van der Waals surface area contributed by atoms with Gasteiger partial charge in [0, 0.05) is 19.3 Å². The van der Waals surface area contributed by atoms with Crippen LogP contribution in [0.1, 0.15) is 39.6 Å². The molecule has 0 bridgehead atoms. The van der Waals surface area contributed by atoms with Gasteiger partial charge in [0.1, 0.15) is 11.5 Å². The smallest absolute Gasteiger partial charge is 0.338 e. The van der Waals surface area contributed by atoms with Crippen LogP contribution in [0.3, 0.4) is 0 Å². The molecule has 0 unspecified atom stereocenters. The molecule has 2 heterocycles. The fraction of sp³-hybridized carbons (Fsp3) is 0.389. The van der Waals surface area contributed by atoms with Gasteiger partial charge in [-0.1, -0.05) is 0 Å². The second-order valence-electron chi connectivity index (χ2n) is 6.10. The molecule has 3 rings (SSSR count). The van der Waals surface area contributed by atoms with Crippen molar-refractivity contribution in [2.45, 2.75) is 18.9 Å². The summed E-state index contributed by atoms with van der Waals surface area (Å²) in [7, 11) is 3.08. The Bertz CT molecular complexity index is 809. The lowest BCUT2D eigenvalue weighted by atomic mass is 10.0. The highest BCUT2D eigenvalue weighted by Gasteiger charge is 2.27. The molecule has 2 aromatic rings. The highest BCUT2D eigenvalue weighted by molar-refractivity contribution is 5.97. The molecule has 1 N–H and O–H groups in total. The number of carboxylic acid groups (broad SMARTS) is 1. The van der Waals surface area contributed by atoms with Gasteiger partial charge in [0.2, 0.25) is 0 Å². The summed E-state index contributed by atoms with van der Waals surface area (Å²) in [6.07, 6.45) is 4.30. The van der Waals surface area contributed by atoms with Crippen LogP contribution < -0.4 is 9.47 Å². The number of hydrogen-bond donors (Lipinski definition) is 1. The number of carbonyl (C=O) groups is 2. The number of likely N-dealkylation sites (tertiary alicyclic amines) is 1. The molecule has 1 amide bonds. The number of piperidine rings is 1. The predicted molar refractivity (Wildman–Crippen MR) is 92.9 cm³/mol. The number of benzene rings is 1. The van der Waals surface area contributed by atoms with Gasteiger partial charge in [-0.25, -0.2) is 4.79 Å². The molecule has 1 fully saturated rings. The minimum absolute atomic E-state index is 0.0827. The fourth-order valence-corrected chi connectivity index (χ4v) is 3.13. The Morgan fingerprint density at radius 3 is 2.50 bits per heavy atom. The van der Waals surface area contributed by atoms with Crippen molar-refractivity contribution in [3.63, 3.8) is 0 Å². The number of aromatic nitrogens is 2. The molecule has 8 nitrogen and oxygen atoms in total. The molecule has 0 saturated carbocycles. The third kappa shape index (κ3) is 3.49. The average molecular weight is 359 g/mol. The normalized spacial score (nSPS) is 14.9. The van der Waals surface area contributed by atoms with Crippen LogP contribution in [0.5, 0.6) is 11.5 Å². The molecular weight excluding hydrogens is 338 g/mol. The van der Waals surface area contributed by atoms with Crippen LogP contribution in [-0.4, -0.2) is 59.0 Å². The topological polar surface area (TPSA) is 93.9 Å². The number of rotatable bonds is 5. The summed E-state index contributed by atoms with van der Waals surface area (Å²) in [5.41, 5.74) is 0.641. The van der Waals surface area contributed by atoms with Gasteiger partial charge < -0.3 is 19.5 Å². The van der Waals surface area contributed by atoms with Crippen molar-refractivity contribution >= 4 is 11.9 Å². The first-order valence-electron chi connectivity index (χ1n) is 8.32. The van der Waals surface area contributed by atoms with Gasteiger partial charge in [0.05, 0.1) is 37.6 Å². The van der Waals surface area contributed by atoms with Crippen LogP contribution in [0.4, 0.5) is 0 Å². The number of carboxylic acids is 1. The molecule has 1 aromatic heterocycles. The van der Waals surface area contributed by atoms with Crippen LogP contribution in [0.25, 0.3) is 0 Å². The standard InChI is InChI=1S/C18H21N3O5/c1-25-14-3-4-16(26-2)15(9-14)17(22)20-7-5-13(6-8-20)21-11-12(10-19-21)18(23)24/h3-4,9-11,13H,5-8H2,1-2H3,(H,23,24). The Labute approximate surface area is 150 Å². The van der Waals surface area contributed by atoms with E-state index in [0.717, 1.165) is 0 Å². The largest absolute Gasteiger partial charge is 0.497 e. The number of amides is 1. The first kappa shape index (κ1) is 17.8. The minimum atomic E-state index is -0.992. The lowest BCUT2D eigenvalue weighted by Gasteiger charge is -2.32. The third-order valence-electron chi connectivity index (χ3n) is 4.61. The number of nitrogens with zero attached hydrogens (tertiary/aromatic N) is 3. The molecule has 26 heavy (non-hydrogen) atoms. The van der Waals surface area contributed by atoms with Crippen LogP contribution >= 0.6 is 0 Å². The maximum atomic E-state index is 12.9. The zero-order valence-electron chi connectivity index (χ0n) is 14.7. The first-order valence-corrected chi connectivity index (χ1v) is 8.32. The van der Waals surface area contributed by atoms with E-state index in [2.05, 4.69) is 5.10 Å². The number of hydrogen-bond acceptors (Lipinski definition) is 5. The summed E-state index contributed by atoms with van der Waals surface area (Å²) >= 11 is 0. The highest BCUT2D eigenvalue weighted by atomic mass is 16.5. The van der Waals surface area contributed by atoms with E-state index in [1.165, 1.54) is 19.5 Å². The van der Waals surface area contributed by atoms with E-state index in [1.54, 1.807) is 34.9 Å². The minimum Gasteiger partial charge on any atom is -0.497 e. The SMILES string of the molecule is COc1ccc(OC)c(C(=O)N2CCC(n3cc(C(=O)O)cn3)CC2)c1. The Kier molecular flexibility index (Phi) is 5.11. The molecule has 1 aliphatic rings. The van der Waals surface area contributed by atoms with E-state index < -0.39 is 5.97 Å². The quantitative estimate of drug-likeness (QED) is 0.878. The average Bonchev–Trinajstić information content (AvgIpc) is 3.17. The summed E-state index contributed by atoms with van der Waals surface area (Å²) in [6.45, 7) is 1.12. The number of methoxy groups -OCH3 is 2. The van der Waals surface area contributed by atoms with E-state index in [9.17, 15) is 9.59 Å². The first-order chi connectivity index (χ1) is 12.5. The molecule has 0 radical (unpaired) electrons. The van der Waals surface area contributed by atoms with Crippen molar-refractivity contribution in [3.8, 4) is 11.5 Å². The van der Waals surface area contributed by atoms with Gasteiger partial charge in [-0.05, 0) is 31.0 Å². The number of carbonyl (C=O) groups excluding carboxylic acids is 1. The van der Waals surface area contributed by atoms with Crippen molar-refractivity contribution in [2.24, 2.45) is 0 Å². The Balaban J connectivity index is 1.69. The van der Waals surface area contributed by atoms with Crippen molar-refractivity contribution in [2.75, 3.05) is 27.3 Å². The van der Waals surface area contributed by atoms with Crippen LogP contribution in [0.15, 0.2) is 30.6 Å². The zero-order chi connectivity index (χ0) is 18.7. The second kappa shape index (κ2) is 7.47. The summed E-state index contributed by atoms with van der Waals surface area (Å²) in [5, 5.41) is 13.1. The van der Waals surface area contributed by atoms with Gasteiger partial charge in [-0.2, -0.15) is 5.10 Å². The second-order valence-corrected chi connectivity index (χ2v) is 6.10. The van der Waals surface area contributed by atoms with E-state index in [-0.39, 0.29) is 17.5 Å². The van der Waals surface area contributed by atoms with Crippen LogP contribution in [-0.2, 0) is 0 Å². The Morgan fingerprint density at radius 1 is 1.19 bits per heavy atom. The van der Waals surface area contributed by atoms with E-state index in [1.807, 2.05) is 0 Å². The molecule has 8 heteroatoms. The van der Waals surface area contributed by atoms with Gasteiger partial charge in [-0.3, -0.25) is 9.48 Å². The monoisotopic (exact) mass is 359 g/mol. The van der Waals surface area contributed by atoms with Gasteiger partial charge in [0.25, 0.3) is 5.91 Å². The highest BCUT2D eigenvalue weighted by Crippen LogP contribution is 2.28. The molecule has 138 valence electrons. The van der Waals surface area contributed by atoms with E-state index in [4.69, 9.17) is 14.6 Å². The Morgan fingerprint density at radius 2 is 1.92 bits per heavy atom. The summed E-state index contributed by atoms with van der Waals surface area (Å²) in [5.74, 6) is 0.0118. The summed E-state index contributed by atoms with van der Waals surface area (Å²) in [4.78, 5) is 25.6. The van der Waals surface area contributed by atoms with Gasteiger partial charge in [0.15, 0.2) is 0 Å². The predicted octanol–water partition coefficient (Wildman–Crippen LogP) is 2.08. The van der Waals surface area contributed by atoms with Crippen molar-refractivity contribution < 1.29 is 24.2 Å². The molecule has 1 saturated heterocycles. The fourth-order valence-electron chi connectivity index (χ4n) is 3.13. The maximum absolute atomic E-state index is 12.9. The molecule has 1 aliphatic heterocycles. The van der Waals surface area contributed by atoms with Crippen LogP contribution in [0, 0.1) is 0 Å². The van der Waals surface area contributed by atoms with E-state index >= 15 is 0 Å². The van der Waals surface area contributed by atoms with Crippen molar-refractivity contribution in [1.29, 1.82) is 0 Å². The van der Waals surface area contributed by atoms with Gasteiger partial charge >= 0.3 is 5.97 Å². The zero-order valence-corrected chi connectivity index (χ0v) is 14.7. The summed E-state index contributed by atoms with van der Waals surface area (Å²) < 4.78 is 12.2. The lowest BCUT2D eigenvalue weighted by Crippen LogP contribution is -2.39. The molecular formula is C18H21N3O5. The molecule has 0 aliphatic carbocycles. The third-order valence-corrected chi connectivity index (χ3v) is 4.61. The van der Waals surface area contributed by atoms with Crippen molar-refractivity contribution in [3.05, 3.63) is 41.7 Å². The molecule has 1 aromatic carbocycles. The van der Waals surface area contributed by atoms with Gasteiger partial charge in [-0.15, -0.1) is 0 Å². The van der Waals surface area contributed by atoms with Crippen LogP contribution in [0.2, 0.25) is 0 Å². The van der Waals surface area contributed by atoms with E-state index in [0.29, 0.717) is 43.0 Å². The summed E-state index contributed by atoms with van der Waals surface area (Å²) in [6, 6.07) is 5.23. The number of ether oxygens (including phenoxy) is 2. The molecule has 0 atom stereocenters. The maximum Gasteiger partial charge on any atom is 0.338 e.